The molecule has 3 nitrogen and oxygen atoms in total. The van der Waals surface area contributed by atoms with Gasteiger partial charge < -0.3 is 10.3 Å². The van der Waals surface area contributed by atoms with Crippen molar-refractivity contribution in [2.24, 2.45) is 0 Å². The summed E-state index contributed by atoms with van der Waals surface area (Å²) >= 11 is 0. The summed E-state index contributed by atoms with van der Waals surface area (Å²) in [6, 6.07) is 8.32. The topological polar surface area (TPSA) is 44.9 Å². The molecule has 1 amide bonds. The maximum absolute atomic E-state index is 12.5. The van der Waals surface area contributed by atoms with Gasteiger partial charge in [0.25, 0.3) is 0 Å². The van der Waals surface area contributed by atoms with Crippen molar-refractivity contribution in [3.8, 4) is 0 Å². The first-order valence-electron chi connectivity index (χ1n) is 8.87. The molecule has 24 heavy (non-hydrogen) atoms. The molecular weight excluding hydrogens is 296 g/mol. The first kappa shape index (κ1) is 16.6. The van der Waals surface area contributed by atoms with Gasteiger partial charge in [-0.05, 0) is 49.8 Å². The maximum Gasteiger partial charge on any atom is 0.224 e. The average Bonchev–Trinajstić information content (AvgIpc) is 3.13. The third kappa shape index (κ3) is 3.61. The minimum absolute atomic E-state index is 0.108. The van der Waals surface area contributed by atoms with Crippen LogP contribution < -0.4 is 5.32 Å². The third-order valence-corrected chi connectivity index (χ3v) is 4.88. The molecule has 1 atom stereocenters. The molecule has 0 saturated heterocycles. The molecule has 1 aliphatic carbocycles. The van der Waals surface area contributed by atoms with Crippen LogP contribution in [-0.4, -0.2) is 16.9 Å². The predicted octanol–water partition coefficient (Wildman–Crippen LogP) is 4.66. The van der Waals surface area contributed by atoms with Crippen LogP contribution in [0.1, 0.15) is 45.1 Å². The van der Waals surface area contributed by atoms with Gasteiger partial charge >= 0.3 is 0 Å². The number of hydrogen-bond donors (Lipinski definition) is 2. The SMILES string of the molecule is CC/C=C\CC1=C(C)CCC1NC(=O)Cc1c[nH]c2ccccc12. The van der Waals surface area contributed by atoms with Crippen LogP contribution in [0.15, 0.2) is 53.8 Å². The Morgan fingerprint density at radius 2 is 2.17 bits per heavy atom. The third-order valence-electron chi connectivity index (χ3n) is 4.88. The standard InChI is InChI=1S/C21H26N2O/c1-3-4-5-8-17-15(2)11-12-20(17)23-21(24)13-16-14-22-19-10-7-6-9-18(16)19/h4-7,9-10,14,20,22H,3,8,11-13H2,1-2H3,(H,23,24)/b5-4-. The molecule has 1 aromatic heterocycles. The Morgan fingerprint density at radius 1 is 1.33 bits per heavy atom. The number of H-pyrrole nitrogens is 1. The quantitative estimate of drug-likeness (QED) is 0.746. The summed E-state index contributed by atoms with van der Waals surface area (Å²) < 4.78 is 0. The van der Waals surface area contributed by atoms with Gasteiger partial charge in [0.2, 0.25) is 5.91 Å². The van der Waals surface area contributed by atoms with Gasteiger partial charge in [-0.2, -0.15) is 0 Å². The molecular formula is C21H26N2O. The lowest BCUT2D eigenvalue weighted by Gasteiger charge is -2.16. The second-order valence-electron chi connectivity index (χ2n) is 6.58. The number of amides is 1. The van der Waals surface area contributed by atoms with E-state index in [1.807, 2.05) is 24.4 Å². The van der Waals surface area contributed by atoms with Gasteiger partial charge in [-0.3, -0.25) is 4.79 Å². The van der Waals surface area contributed by atoms with E-state index in [2.05, 4.69) is 42.4 Å². The van der Waals surface area contributed by atoms with E-state index in [9.17, 15) is 4.79 Å². The van der Waals surface area contributed by atoms with Gasteiger partial charge in [0, 0.05) is 17.1 Å². The molecule has 1 heterocycles. The van der Waals surface area contributed by atoms with Gasteiger partial charge in [-0.15, -0.1) is 0 Å². The van der Waals surface area contributed by atoms with Gasteiger partial charge in [0.05, 0.1) is 12.5 Å². The van der Waals surface area contributed by atoms with Gasteiger partial charge in [-0.1, -0.05) is 42.8 Å². The van der Waals surface area contributed by atoms with E-state index >= 15 is 0 Å². The minimum Gasteiger partial charge on any atom is -0.361 e. The van der Waals surface area contributed by atoms with E-state index in [1.165, 1.54) is 11.1 Å². The maximum atomic E-state index is 12.5. The molecule has 0 spiro atoms. The molecule has 3 heteroatoms. The number of aromatic nitrogens is 1. The summed E-state index contributed by atoms with van der Waals surface area (Å²) in [5.41, 5.74) is 4.98. The van der Waals surface area contributed by atoms with Crippen molar-refractivity contribution in [3.05, 3.63) is 59.3 Å². The first-order valence-corrected chi connectivity index (χ1v) is 8.87. The number of hydrogen-bond acceptors (Lipinski definition) is 1. The van der Waals surface area contributed by atoms with Crippen LogP contribution in [-0.2, 0) is 11.2 Å². The van der Waals surface area contributed by atoms with Gasteiger partial charge in [0.1, 0.15) is 0 Å². The van der Waals surface area contributed by atoms with Crippen LogP contribution in [0.25, 0.3) is 10.9 Å². The summed E-state index contributed by atoms with van der Waals surface area (Å²) in [6.07, 6.45) is 10.9. The highest BCUT2D eigenvalue weighted by Crippen LogP contribution is 2.29. The smallest absolute Gasteiger partial charge is 0.224 e. The number of para-hydroxylation sites is 1. The van der Waals surface area contributed by atoms with E-state index in [0.29, 0.717) is 6.42 Å². The zero-order chi connectivity index (χ0) is 16.9. The van der Waals surface area contributed by atoms with E-state index < -0.39 is 0 Å². The lowest BCUT2D eigenvalue weighted by Crippen LogP contribution is -2.35. The summed E-state index contributed by atoms with van der Waals surface area (Å²) in [4.78, 5) is 15.8. The second-order valence-corrected chi connectivity index (χ2v) is 6.58. The molecule has 1 aliphatic rings. The molecule has 1 aromatic carbocycles. The Morgan fingerprint density at radius 3 is 3.00 bits per heavy atom. The number of allylic oxidation sites excluding steroid dienone is 3. The molecule has 2 aromatic rings. The highest BCUT2D eigenvalue weighted by atomic mass is 16.1. The van der Waals surface area contributed by atoms with Crippen LogP contribution in [0.5, 0.6) is 0 Å². The van der Waals surface area contributed by atoms with Crippen molar-refractivity contribution in [2.75, 3.05) is 0 Å². The average molecular weight is 322 g/mol. The number of rotatable bonds is 6. The van der Waals surface area contributed by atoms with E-state index in [-0.39, 0.29) is 11.9 Å². The number of fused-ring (bicyclic) bond motifs is 1. The lowest BCUT2D eigenvalue weighted by atomic mass is 10.0. The first-order chi connectivity index (χ1) is 11.7. The Balaban J connectivity index is 1.65. The van der Waals surface area contributed by atoms with Crippen molar-refractivity contribution >= 4 is 16.8 Å². The summed E-state index contributed by atoms with van der Waals surface area (Å²) in [7, 11) is 0. The van der Waals surface area contributed by atoms with Crippen molar-refractivity contribution in [3.63, 3.8) is 0 Å². The molecule has 2 N–H and O–H groups in total. The minimum atomic E-state index is 0.108. The molecule has 0 fully saturated rings. The number of nitrogens with one attached hydrogen (secondary N) is 2. The van der Waals surface area contributed by atoms with Crippen LogP contribution in [0, 0.1) is 0 Å². The molecule has 0 radical (unpaired) electrons. The second kappa shape index (κ2) is 7.52. The zero-order valence-electron chi connectivity index (χ0n) is 14.6. The monoisotopic (exact) mass is 322 g/mol. The largest absolute Gasteiger partial charge is 0.361 e. The molecule has 0 saturated carbocycles. The van der Waals surface area contributed by atoms with Crippen LogP contribution in [0.4, 0.5) is 0 Å². The summed E-state index contributed by atoms with van der Waals surface area (Å²) in [5, 5.41) is 4.38. The molecule has 3 rings (SSSR count). The fraction of sp³-hybridized carbons (Fsp3) is 0.381. The highest BCUT2D eigenvalue weighted by molar-refractivity contribution is 5.89. The molecule has 1 unspecified atom stereocenters. The summed E-state index contributed by atoms with van der Waals surface area (Å²) in [5.74, 6) is 0.108. The Bertz CT molecular complexity index is 782. The van der Waals surface area contributed by atoms with Gasteiger partial charge in [0.15, 0.2) is 0 Å². The van der Waals surface area contributed by atoms with Crippen LogP contribution in [0.2, 0.25) is 0 Å². The van der Waals surface area contributed by atoms with Crippen molar-refractivity contribution in [2.45, 2.75) is 52.0 Å². The predicted molar refractivity (Wildman–Crippen MR) is 99.9 cm³/mol. The number of aromatic amines is 1. The number of benzene rings is 1. The van der Waals surface area contributed by atoms with E-state index in [4.69, 9.17) is 0 Å². The zero-order valence-corrected chi connectivity index (χ0v) is 14.6. The molecule has 126 valence electrons. The van der Waals surface area contributed by atoms with E-state index in [1.54, 1.807) is 0 Å². The number of carbonyl (C=O) groups is 1. The van der Waals surface area contributed by atoms with Crippen LogP contribution >= 0.6 is 0 Å². The van der Waals surface area contributed by atoms with Crippen molar-refractivity contribution in [1.82, 2.24) is 10.3 Å². The molecule has 0 bridgehead atoms. The molecule has 0 aliphatic heterocycles. The lowest BCUT2D eigenvalue weighted by molar-refractivity contribution is -0.120. The highest BCUT2D eigenvalue weighted by Gasteiger charge is 2.24. The summed E-state index contributed by atoms with van der Waals surface area (Å²) in [6.45, 7) is 4.34. The van der Waals surface area contributed by atoms with Crippen LogP contribution in [0.3, 0.4) is 0 Å². The van der Waals surface area contributed by atoms with Gasteiger partial charge in [-0.25, -0.2) is 0 Å². The fourth-order valence-corrected chi connectivity index (χ4v) is 3.54. The number of carbonyl (C=O) groups excluding carboxylic acids is 1. The van der Waals surface area contributed by atoms with E-state index in [0.717, 1.165) is 42.1 Å². The van der Waals surface area contributed by atoms with Crippen molar-refractivity contribution in [1.29, 1.82) is 0 Å². The van der Waals surface area contributed by atoms with Crippen molar-refractivity contribution < 1.29 is 4.79 Å². The normalized spacial score (nSPS) is 18.0. The Labute approximate surface area is 143 Å². The Hall–Kier alpha value is -2.29. The Kier molecular flexibility index (Phi) is 5.19. The fourth-order valence-electron chi connectivity index (χ4n) is 3.54.